The van der Waals surface area contributed by atoms with Crippen LogP contribution in [0.5, 0.6) is 0 Å². The second-order valence-electron chi connectivity index (χ2n) is 4.66. The fourth-order valence-electron chi connectivity index (χ4n) is 1.93. The molecule has 1 aliphatic rings. The Morgan fingerprint density at radius 1 is 1.47 bits per heavy atom. The molecule has 0 unspecified atom stereocenters. The Morgan fingerprint density at radius 2 is 2.32 bits per heavy atom. The smallest absolute Gasteiger partial charge is 0.223 e. The molecule has 0 atom stereocenters. The molecule has 1 amide bonds. The number of nitrogen functional groups attached to an aromatic ring is 1. The normalized spacial score (nSPS) is 14.5. The highest BCUT2D eigenvalue weighted by molar-refractivity contribution is 5.80. The number of imidazole rings is 1. The molecule has 7 heteroatoms. The number of hydrogen-bond acceptors (Lipinski definition) is 5. The van der Waals surface area contributed by atoms with E-state index in [1.807, 2.05) is 10.6 Å². The van der Waals surface area contributed by atoms with Gasteiger partial charge in [-0.1, -0.05) is 0 Å². The lowest BCUT2D eigenvalue weighted by Gasteiger charge is -2.08. The Bertz CT molecular complexity index is 603. The SMILES string of the molecule is Nc1cn2ccnc2c(NCCNC(=O)C2CC2)n1. The summed E-state index contributed by atoms with van der Waals surface area (Å²) in [6.07, 6.45) is 7.25. The second kappa shape index (κ2) is 4.75. The molecule has 7 nitrogen and oxygen atoms in total. The number of nitrogens with one attached hydrogen (secondary N) is 2. The van der Waals surface area contributed by atoms with E-state index < -0.39 is 0 Å². The Labute approximate surface area is 110 Å². The Morgan fingerprint density at radius 3 is 3.11 bits per heavy atom. The van der Waals surface area contributed by atoms with Gasteiger partial charge in [0.1, 0.15) is 5.82 Å². The number of anilines is 2. The predicted molar refractivity (Wildman–Crippen MR) is 71.6 cm³/mol. The molecule has 0 radical (unpaired) electrons. The maximum Gasteiger partial charge on any atom is 0.223 e. The lowest BCUT2D eigenvalue weighted by Crippen LogP contribution is -2.30. The number of carbonyl (C=O) groups excluding carboxylic acids is 1. The van der Waals surface area contributed by atoms with Crippen molar-refractivity contribution in [3.63, 3.8) is 0 Å². The fourth-order valence-corrected chi connectivity index (χ4v) is 1.93. The highest BCUT2D eigenvalue weighted by Gasteiger charge is 2.28. The minimum atomic E-state index is 0.147. The molecule has 0 saturated heterocycles. The first-order valence-corrected chi connectivity index (χ1v) is 6.35. The summed E-state index contributed by atoms with van der Waals surface area (Å²) in [5.74, 6) is 1.44. The van der Waals surface area contributed by atoms with Crippen molar-refractivity contribution < 1.29 is 4.79 Å². The predicted octanol–water partition coefficient (Wildman–Crippen LogP) is 0.250. The fraction of sp³-hybridized carbons (Fsp3) is 0.417. The highest BCUT2D eigenvalue weighted by atomic mass is 16.2. The van der Waals surface area contributed by atoms with Gasteiger partial charge in [-0.2, -0.15) is 0 Å². The third-order valence-corrected chi connectivity index (χ3v) is 3.06. The molecule has 1 fully saturated rings. The van der Waals surface area contributed by atoms with Crippen LogP contribution in [0.1, 0.15) is 12.8 Å². The zero-order valence-electron chi connectivity index (χ0n) is 10.5. The highest BCUT2D eigenvalue weighted by Crippen LogP contribution is 2.28. The molecule has 2 heterocycles. The monoisotopic (exact) mass is 260 g/mol. The lowest BCUT2D eigenvalue weighted by atomic mass is 10.4. The van der Waals surface area contributed by atoms with Crippen molar-refractivity contribution in [3.05, 3.63) is 18.6 Å². The van der Waals surface area contributed by atoms with Crippen LogP contribution >= 0.6 is 0 Å². The van der Waals surface area contributed by atoms with Crippen molar-refractivity contribution >= 4 is 23.2 Å². The molecule has 1 saturated carbocycles. The standard InChI is InChI=1S/C12H16N6O/c13-9-7-18-6-5-15-11(18)10(17-9)14-3-4-16-12(19)8-1-2-8/h5-8H,1-4,13H2,(H,14,17)(H,16,19). The van der Waals surface area contributed by atoms with Crippen LogP contribution in [0, 0.1) is 5.92 Å². The van der Waals surface area contributed by atoms with Gasteiger partial charge in [0.05, 0.1) is 6.20 Å². The third kappa shape index (κ3) is 2.59. The van der Waals surface area contributed by atoms with Gasteiger partial charge in [0.2, 0.25) is 5.91 Å². The van der Waals surface area contributed by atoms with Crippen molar-refractivity contribution in [1.29, 1.82) is 0 Å². The van der Waals surface area contributed by atoms with Gasteiger partial charge in [-0.3, -0.25) is 4.79 Å². The number of fused-ring (bicyclic) bond motifs is 1. The van der Waals surface area contributed by atoms with Gasteiger partial charge >= 0.3 is 0 Å². The average molecular weight is 260 g/mol. The first-order chi connectivity index (χ1) is 9.24. The maximum atomic E-state index is 11.5. The number of aromatic nitrogens is 3. The summed E-state index contributed by atoms with van der Waals surface area (Å²) in [7, 11) is 0. The molecule has 3 rings (SSSR count). The van der Waals surface area contributed by atoms with E-state index in [1.165, 1.54) is 0 Å². The molecule has 0 aromatic carbocycles. The largest absolute Gasteiger partial charge is 0.382 e. The summed E-state index contributed by atoms with van der Waals surface area (Å²) in [4.78, 5) is 19.9. The van der Waals surface area contributed by atoms with E-state index >= 15 is 0 Å². The van der Waals surface area contributed by atoms with Crippen LogP contribution in [-0.4, -0.2) is 33.4 Å². The van der Waals surface area contributed by atoms with E-state index in [0.717, 1.165) is 18.5 Å². The van der Waals surface area contributed by atoms with Crippen molar-refractivity contribution in [1.82, 2.24) is 19.7 Å². The summed E-state index contributed by atoms with van der Waals surface area (Å²) >= 11 is 0. The summed E-state index contributed by atoms with van der Waals surface area (Å²) in [5, 5.41) is 6.02. The number of carbonyl (C=O) groups is 1. The Kier molecular flexibility index (Phi) is 2.94. The van der Waals surface area contributed by atoms with E-state index in [-0.39, 0.29) is 11.8 Å². The van der Waals surface area contributed by atoms with E-state index in [2.05, 4.69) is 20.6 Å². The van der Waals surface area contributed by atoms with E-state index in [0.29, 0.717) is 24.7 Å². The summed E-state index contributed by atoms with van der Waals surface area (Å²) in [6, 6.07) is 0. The first-order valence-electron chi connectivity index (χ1n) is 6.35. The van der Waals surface area contributed by atoms with Gasteiger partial charge in [-0.15, -0.1) is 0 Å². The molecule has 0 aliphatic heterocycles. The van der Waals surface area contributed by atoms with Crippen LogP contribution in [0.4, 0.5) is 11.6 Å². The van der Waals surface area contributed by atoms with Crippen molar-refractivity contribution in [2.24, 2.45) is 5.92 Å². The molecule has 2 aromatic heterocycles. The summed E-state index contributed by atoms with van der Waals surface area (Å²) < 4.78 is 1.81. The molecule has 2 aromatic rings. The lowest BCUT2D eigenvalue weighted by molar-refractivity contribution is -0.122. The number of nitrogens with zero attached hydrogens (tertiary/aromatic N) is 3. The minimum Gasteiger partial charge on any atom is -0.382 e. The van der Waals surface area contributed by atoms with Crippen LogP contribution in [0.25, 0.3) is 5.65 Å². The zero-order valence-corrected chi connectivity index (χ0v) is 10.5. The van der Waals surface area contributed by atoms with Crippen molar-refractivity contribution in [3.8, 4) is 0 Å². The zero-order chi connectivity index (χ0) is 13.2. The van der Waals surface area contributed by atoms with Crippen molar-refractivity contribution in [2.45, 2.75) is 12.8 Å². The van der Waals surface area contributed by atoms with Gasteiger partial charge in [0.15, 0.2) is 11.5 Å². The molecule has 0 spiro atoms. The minimum absolute atomic E-state index is 0.147. The van der Waals surface area contributed by atoms with Crippen LogP contribution in [0.15, 0.2) is 18.6 Å². The molecule has 100 valence electrons. The van der Waals surface area contributed by atoms with E-state index in [1.54, 1.807) is 12.4 Å². The first kappa shape index (κ1) is 11.8. The van der Waals surface area contributed by atoms with E-state index in [9.17, 15) is 4.79 Å². The number of nitrogens with two attached hydrogens (primary N) is 1. The Hall–Kier alpha value is -2.31. The van der Waals surface area contributed by atoms with Gasteiger partial charge in [-0.25, -0.2) is 9.97 Å². The molecule has 19 heavy (non-hydrogen) atoms. The number of rotatable bonds is 5. The second-order valence-corrected chi connectivity index (χ2v) is 4.66. The summed E-state index contributed by atoms with van der Waals surface area (Å²) in [6.45, 7) is 1.16. The van der Waals surface area contributed by atoms with E-state index in [4.69, 9.17) is 5.73 Å². The summed E-state index contributed by atoms with van der Waals surface area (Å²) in [5.41, 5.74) is 6.44. The van der Waals surface area contributed by atoms with Crippen LogP contribution < -0.4 is 16.4 Å². The molecular formula is C12H16N6O. The third-order valence-electron chi connectivity index (χ3n) is 3.06. The average Bonchev–Trinajstić information content (AvgIpc) is 3.13. The van der Waals surface area contributed by atoms with Crippen molar-refractivity contribution in [2.75, 3.05) is 24.1 Å². The van der Waals surface area contributed by atoms with Crippen LogP contribution in [-0.2, 0) is 4.79 Å². The van der Waals surface area contributed by atoms with Crippen LogP contribution in [0.2, 0.25) is 0 Å². The molecule has 4 N–H and O–H groups in total. The van der Waals surface area contributed by atoms with Gasteiger partial charge in [0, 0.05) is 31.4 Å². The number of hydrogen-bond donors (Lipinski definition) is 3. The van der Waals surface area contributed by atoms with Gasteiger partial charge in [-0.05, 0) is 12.8 Å². The van der Waals surface area contributed by atoms with Gasteiger partial charge in [0.25, 0.3) is 0 Å². The van der Waals surface area contributed by atoms with Gasteiger partial charge < -0.3 is 20.8 Å². The molecular weight excluding hydrogens is 244 g/mol. The number of amides is 1. The topological polar surface area (TPSA) is 97.3 Å². The molecule has 1 aliphatic carbocycles. The van der Waals surface area contributed by atoms with Crippen LogP contribution in [0.3, 0.4) is 0 Å². The Balaban J connectivity index is 1.58. The maximum absolute atomic E-state index is 11.5. The molecule has 0 bridgehead atoms. The quantitative estimate of drug-likeness (QED) is 0.669.